The van der Waals surface area contributed by atoms with E-state index in [1.165, 1.54) is 11.1 Å². The number of hydrogen-bond acceptors (Lipinski definition) is 3. The van der Waals surface area contributed by atoms with Crippen LogP contribution in [0, 0.1) is 6.92 Å². The van der Waals surface area contributed by atoms with Crippen LogP contribution in [0.2, 0.25) is 0 Å². The van der Waals surface area contributed by atoms with Gasteiger partial charge in [0.2, 0.25) is 0 Å². The number of rotatable bonds is 9. The number of ether oxygens (including phenoxy) is 3. The lowest BCUT2D eigenvalue weighted by molar-refractivity contribution is 0.0894. The second-order valence-corrected chi connectivity index (χ2v) is 7.27. The van der Waals surface area contributed by atoms with Gasteiger partial charge in [-0.15, -0.1) is 0 Å². The standard InChI is InChI=1S/C27H26O3/c1-21-13-15-23(16-14-21)19-28-17-18-29-26-11-5-10-25-24(26)9-6-12-27(25)30-20-22-7-3-2-4-8-22/h2-16H,17-20H2,1H3. The third-order valence-electron chi connectivity index (χ3n) is 4.95. The second kappa shape index (κ2) is 9.95. The van der Waals surface area contributed by atoms with E-state index in [2.05, 4.69) is 55.5 Å². The van der Waals surface area contributed by atoms with Gasteiger partial charge in [-0.2, -0.15) is 0 Å². The fourth-order valence-electron chi connectivity index (χ4n) is 3.32. The van der Waals surface area contributed by atoms with Gasteiger partial charge in [0.25, 0.3) is 0 Å². The molecule has 0 aliphatic heterocycles. The van der Waals surface area contributed by atoms with Gasteiger partial charge in [-0.1, -0.05) is 84.4 Å². The summed E-state index contributed by atoms with van der Waals surface area (Å²) in [5.74, 6) is 1.70. The Morgan fingerprint density at radius 1 is 0.533 bits per heavy atom. The molecule has 0 fully saturated rings. The van der Waals surface area contributed by atoms with E-state index in [-0.39, 0.29) is 0 Å². The number of aryl methyl sites for hydroxylation is 1. The van der Waals surface area contributed by atoms with Crippen molar-refractivity contribution in [2.45, 2.75) is 20.1 Å². The van der Waals surface area contributed by atoms with E-state index >= 15 is 0 Å². The molecule has 0 bridgehead atoms. The zero-order valence-corrected chi connectivity index (χ0v) is 17.2. The van der Waals surface area contributed by atoms with Crippen molar-refractivity contribution in [2.75, 3.05) is 13.2 Å². The molecule has 0 saturated carbocycles. The molecule has 152 valence electrons. The van der Waals surface area contributed by atoms with Gasteiger partial charge in [0, 0.05) is 10.8 Å². The van der Waals surface area contributed by atoms with E-state index in [9.17, 15) is 0 Å². The predicted molar refractivity (Wildman–Crippen MR) is 121 cm³/mol. The Morgan fingerprint density at radius 2 is 1.17 bits per heavy atom. The molecule has 0 spiro atoms. The van der Waals surface area contributed by atoms with Crippen LogP contribution in [-0.2, 0) is 18.0 Å². The molecule has 0 N–H and O–H groups in total. The van der Waals surface area contributed by atoms with Gasteiger partial charge >= 0.3 is 0 Å². The van der Waals surface area contributed by atoms with Gasteiger partial charge in [-0.25, -0.2) is 0 Å². The minimum Gasteiger partial charge on any atom is -0.491 e. The Morgan fingerprint density at radius 3 is 1.87 bits per heavy atom. The van der Waals surface area contributed by atoms with Gasteiger partial charge in [0.05, 0.1) is 13.2 Å². The summed E-state index contributed by atoms with van der Waals surface area (Å²) in [6.07, 6.45) is 0. The molecule has 0 atom stereocenters. The SMILES string of the molecule is Cc1ccc(COCCOc2cccc3c(OCc4ccccc4)cccc23)cc1. The quantitative estimate of drug-likeness (QED) is 0.309. The van der Waals surface area contributed by atoms with E-state index in [4.69, 9.17) is 14.2 Å². The summed E-state index contributed by atoms with van der Waals surface area (Å²) >= 11 is 0. The minimum absolute atomic E-state index is 0.500. The van der Waals surface area contributed by atoms with Crippen LogP contribution in [0.5, 0.6) is 11.5 Å². The summed E-state index contributed by atoms with van der Waals surface area (Å²) in [6, 6.07) is 30.7. The van der Waals surface area contributed by atoms with E-state index in [1.54, 1.807) is 0 Å². The van der Waals surface area contributed by atoms with Crippen molar-refractivity contribution >= 4 is 10.8 Å². The molecule has 0 heterocycles. The van der Waals surface area contributed by atoms with Crippen molar-refractivity contribution in [2.24, 2.45) is 0 Å². The lowest BCUT2D eigenvalue weighted by atomic mass is 10.1. The lowest BCUT2D eigenvalue weighted by Crippen LogP contribution is -2.07. The molecule has 0 aromatic heterocycles. The molecule has 4 rings (SSSR count). The summed E-state index contributed by atoms with van der Waals surface area (Å²) in [7, 11) is 0. The van der Waals surface area contributed by atoms with Crippen LogP contribution < -0.4 is 9.47 Å². The molecule has 0 aliphatic rings. The van der Waals surface area contributed by atoms with Crippen LogP contribution in [0.4, 0.5) is 0 Å². The highest BCUT2D eigenvalue weighted by Crippen LogP contribution is 2.32. The van der Waals surface area contributed by atoms with Crippen molar-refractivity contribution < 1.29 is 14.2 Å². The minimum atomic E-state index is 0.500. The Kier molecular flexibility index (Phi) is 6.63. The highest BCUT2D eigenvalue weighted by molar-refractivity contribution is 5.93. The molecule has 4 aromatic carbocycles. The van der Waals surface area contributed by atoms with E-state index in [0.29, 0.717) is 26.4 Å². The normalized spacial score (nSPS) is 10.8. The molecule has 3 nitrogen and oxygen atoms in total. The van der Waals surface area contributed by atoms with Crippen molar-refractivity contribution in [1.82, 2.24) is 0 Å². The lowest BCUT2D eigenvalue weighted by Gasteiger charge is -2.13. The first kappa shape index (κ1) is 20.0. The fraction of sp³-hybridized carbons (Fsp3) is 0.185. The summed E-state index contributed by atoms with van der Waals surface area (Å²) < 4.78 is 17.8. The molecule has 4 aromatic rings. The van der Waals surface area contributed by atoms with Gasteiger partial charge in [0.15, 0.2) is 0 Å². The topological polar surface area (TPSA) is 27.7 Å². The number of hydrogen-bond donors (Lipinski definition) is 0. The summed E-state index contributed by atoms with van der Waals surface area (Å²) in [5.41, 5.74) is 3.57. The highest BCUT2D eigenvalue weighted by atomic mass is 16.5. The molecular weight excluding hydrogens is 372 g/mol. The van der Waals surface area contributed by atoms with E-state index in [0.717, 1.165) is 27.8 Å². The molecule has 30 heavy (non-hydrogen) atoms. The number of benzene rings is 4. The van der Waals surface area contributed by atoms with Crippen molar-refractivity contribution in [1.29, 1.82) is 0 Å². The maximum absolute atomic E-state index is 6.08. The highest BCUT2D eigenvalue weighted by Gasteiger charge is 2.07. The van der Waals surface area contributed by atoms with Crippen LogP contribution in [0.25, 0.3) is 10.8 Å². The van der Waals surface area contributed by atoms with Crippen molar-refractivity contribution in [3.8, 4) is 11.5 Å². The largest absolute Gasteiger partial charge is 0.491 e. The molecule has 0 saturated heterocycles. The second-order valence-electron chi connectivity index (χ2n) is 7.27. The molecule has 0 unspecified atom stereocenters. The van der Waals surface area contributed by atoms with Gasteiger partial charge in [-0.05, 0) is 30.2 Å². The molecule has 0 amide bonds. The van der Waals surface area contributed by atoms with Crippen molar-refractivity contribution in [3.05, 3.63) is 108 Å². The third kappa shape index (κ3) is 5.19. The van der Waals surface area contributed by atoms with Gasteiger partial charge < -0.3 is 14.2 Å². The maximum atomic E-state index is 6.08. The summed E-state index contributed by atoms with van der Waals surface area (Å²) in [6.45, 7) is 4.25. The molecule has 0 radical (unpaired) electrons. The summed E-state index contributed by atoms with van der Waals surface area (Å²) in [5, 5.41) is 2.09. The van der Waals surface area contributed by atoms with E-state index < -0.39 is 0 Å². The first-order valence-electron chi connectivity index (χ1n) is 10.2. The zero-order valence-electron chi connectivity index (χ0n) is 17.2. The van der Waals surface area contributed by atoms with Gasteiger partial charge in [-0.3, -0.25) is 0 Å². The number of fused-ring (bicyclic) bond motifs is 1. The first-order valence-corrected chi connectivity index (χ1v) is 10.2. The Labute approximate surface area is 177 Å². The Balaban J connectivity index is 1.35. The Bertz CT molecular complexity index is 1070. The average molecular weight is 399 g/mol. The molecule has 0 aliphatic carbocycles. The first-order chi connectivity index (χ1) is 14.8. The Hall–Kier alpha value is -3.30. The fourth-order valence-corrected chi connectivity index (χ4v) is 3.32. The predicted octanol–water partition coefficient (Wildman–Crippen LogP) is 6.32. The zero-order chi connectivity index (χ0) is 20.6. The molecule has 3 heteroatoms. The van der Waals surface area contributed by atoms with Gasteiger partial charge in [0.1, 0.15) is 24.7 Å². The monoisotopic (exact) mass is 398 g/mol. The summed E-state index contributed by atoms with van der Waals surface area (Å²) in [4.78, 5) is 0. The molecular formula is C27H26O3. The van der Waals surface area contributed by atoms with Crippen LogP contribution >= 0.6 is 0 Å². The maximum Gasteiger partial charge on any atom is 0.127 e. The van der Waals surface area contributed by atoms with Crippen LogP contribution in [0.1, 0.15) is 16.7 Å². The van der Waals surface area contributed by atoms with Crippen LogP contribution in [0.3, 0.4) is 0 Å². The third-order valence-corrected chi connectivity index (χ3v) is 4.95. The smallest absolute Gasteiger partial charge is 0.127 e. The van der Waals surface area contributed by atoms with Crippen LogP contribution in [0.15, 0.2) is 91.0 Å². The van der Waals surface area contributed by atoms with Crippen molar-refractivity contribution in [3.63, 3.8) is 0 Å². The van der Waals surface area contributed by atoms with E-state index in [1.807, 2.05) is 42.5 Å². The average Bonchev–Trinajstić information content (AvgIpc) is 2.79. The van der Waals surface area contributed by atoms with Crippen LogP contribution in [-0.4, -0.2) is 13.2 Å².